The first kappa shape index (κ1) is 13.3. The van der Waals surface area contributed by atoms with Gasteiger partial charge in [0, 0.05) is 11.9 Å². The van der Waals surface area contributed by atoms with Crippen molar-refractivity contribution in [1.82, 2.24) is 4.98 Å². The first-order valence-electron chi connectivity index (χ1n) is 5.39. The summed E-state index contributed by atoms with van der Waals surface area (Å²) in [6.07, 6.45) is 1.49. The third-order valence-electron chi connectivity index (χ3n) is 2.43. The van der Waals surface area contributed by atoms with Crippen molar-refractivity contribution in [3.8, 4) is 0 Å². The van der Waals surface area contributed by atoms with Gasteiger partial charge in [-0.15, -0.1) is 0 Å². The Hall–Kier alpha value is -2.15. The number of nitrogens with zero attached hydrogens (tertiary/aromatic N) is 1. The normalized spacial score (nSPS) is 11.3. The minimum Gasteiger partial charge on any atom is -0.396 e. The van der Waals surface area contributed by atoms with Crippen LogP contribution in [0.4, 0.5) is 15.8 Å². The largest absolute Gasteiger partial charge is 0.396 e. The average molecular weight is 281 g/mol. The molecule has 5 nitrogen and oxygen atoms in total. The smallest absolute Gasteiger partial charge is 0.261 e. The summed E-state index contributed by atoms with van der Waals surface area (Å²) in [6.45, 7) is 1.74. The van der Waals surface area contributed by atoms with Gasteiger partial charge in [0.05, 0.1) is 16.3 Å². The Labute approximate surface area is 110 Å². The van der Waals surface area contributed by atoms with Crippen LogP contribution < -0.4 is 10.5 Å². The molecule has 0 aliphatic heterocycles. The van der Waals surface area contributed by atoms with Gasteiger partial charge in [0.2, 0.25) is 0 Å². The molecule has 2 rings (SSSR count). The molecule has 0 fully saturated rings. The monoisotopic (exact) mass is 281 g/mol. The van der Waals surface area contributed by atoms with Crippen LogP contribution in [0.2, 0.25) is 0 Å². The second-order valence-corrected chi connectivity index (χ2v) is 5.66. The molecule has 1 aromatic carbocycles. The van der Waals surface area contributed by atoms with Gasteiger partial charge < -0.3 is 5.73 Å². The molecule has 0 atom stereocenters. The number of aromatic nitrogens is 1. The van der Waals surface area contributed by atoms with Gasteiger partial charge in [0.25, 0.3) is 10.0 Å². The molecule has 0 unspecified atom stereocenters. The molecule has 3 N–H and O–H groups in total. The fourth-order valence-corrected chi connectivity index (χ4v) is 2.60. The predicted octanol–water partition coefficient (Wildman–Crippen LogP) is 1.91. The lowest BCUT2D eigenvalue weighted by Gasteiger charge is -2.09. The number of nitrogens with one attached hydrogen (secondary N) is 1. The van der Waals surface area contributed by atoms with Crippen LogP contribution in [0.15, 0.2) is 41.4 Å². The highest BCUT2D eigenvalue weighted by atomic mass is 32.2. The summed E-state index contributed by atoms with van der Waals surface area (Å²) >= 11 is 0. The van der Waals surface area contributed by atoms with Gasteiger partial charge in [0.15, 0.2) is 0 Å². The van der Waals surface area contributed by atoms with Crippen LogP contribution in [0.5, 0.6) is 0 Å². The van der Waals surface area contributed by atoms with Crippen molar-refractivity contribution in [2.24, 2.45) is 0 Å². The van der Waals surface area contributed by atoms with Gasteiger partial charge in [-0.1, -0.05) is 0 Å². The lowest BCUT2D eigenvalue weighted by atomic mass is 10.3. The van der Waals surface area contributed by atoms with Gasteiger partial charge in [-0.2, -0.15) is 0 Å². The van der Waals surface area contributed by atoms with E-state index in [9.17, 15) is 12.8 Å². The van der Waals surface area contributed by atoms with Crippen LogP contribution in [0.25, 0.3) is 0 Å². The number of nitrogen functional groups attached to an aromatic ring is 1. The Kier molecular flexibility index (Phi) is 3.39. The number of hydrogen-bond donors (Lipinski definition) is 2. The van der Waals surface area contributed by atoms with Gasteiger partial charge in [-0.3, -0.25) is 9.71 Å². The number of sulfonamides is 1. The average Bonchev–Trinajstić information content (AvgIpc) is 2.32. The fraction of sp³-hybridized carbons (Fsp3) is 0.0833. The fourth-order valence-electron chi connectivity index (χ4n) is 1.51. The van der Waals surface area contributed by atoms with E-state index in [1.807, 2.05) is 0 Å². The lowest BCUT2D eigenvalue weighted by molar-refractivity contribution is 0.600. The summed E-state index contributed by atoms with van der Waals surface area (Å²) < 4.78 is 39.5. The number of aryl methyl sites for hydroxylation is 1. The van der Waals surface area contributed by atoms with E-state index in [1.165, 1.54) is 12.3 Å². The second-order valence-electron chi connectivity index (χ2n) is 3.97. The van der Waals surface area contributed by atoms with Crippen LogP contribution in [0, 0.1) is 12.7 Å². The van der Waals surface area contributed by atoms with Crippen molar-refractivity contribution < 1.29 is 12.8 Å². The van der Waals surface area contributed by atoms with Gasteiger partial charge in [-0.05, 0) is 37.3 Å². The van der Waals surface area contributed by atoms with E-state index in [4.69, 9.17) is 5.73 Å². The van der Waals surface area contributed by atoms with Gasteiger partial charge in [0.1, 0.15) is 5.82 Å². The molecule has 1 heterocycles. The Balaban J connectivity index is 2.35. The maximum absolute atomic E-state index is 13.0. The topological polar surface area (TPSA) is 85.1 Å². The standard InChI is InChI=1S/C12H12FN3O2S/c1-8-6-9(4-5-15-8)16-19(17,18)10-2-3-11(13)12(14)7-10/h2-7H,14H2,1H3,(H,15,16). The Bertz CT molecular complexity index is 717. The van der Waals surface area contributed by atoms with E-state index in [0.717, 1.165) is 18.2 Å². The van der Waals surface area contributed by atoms with Gasteiger partial charge in [-0.25, -0.2) is 12.8 Å². The molecule has 0 radical (unpaired) electrons. The van der Waals surface area contributed by atoms with Crippen molar-refractivity contribution in [2.75, 3.05) is 10.5 Å². The van der Waals surface area contributed by atoms with Crippen molar-refractivity contribution in [3.63, 3.8) is 0 Å². The quantitative estimate of drug-likeness (QED) is 0.842. The number of nitrogens with two attached hydrogens (primary N) is 1. The van der Waals surface area contributed by atoms with E-state index >= 15 is 0 Å². The molecular formula is C12H12FN3O2S. The number of pyridine rings is 1. The number of benzene rings is 1. The van der Waals surface area contributed by atoms with Crippen LogP contribution in [-0.2, 0) is 10.0 Å². The van der Waals surface area contributed by atoms with E-state index < -0.39 is 15.8 Å². The molecule has 1 aromatic heterocycles. The highest BCUT2D eigenvalue weighted by molar-refractivity contribution is 7.92. The molecule has 100 valence electrons. The number of anilines is 2. The van der Waals surface area contributed by atoms with Crippen molar-refractivity contribution >= 4 is 21.4 Å². The molecule has 0 aliphatic carbocycles. The Morgan fingerprint density at radius 2 is 2.00 bits per heavy atom. The molecular weight excluding hydrogens is 269 g/mol. The Morgan fingerprint density at radius 1 is 1.26 bits per heavy atom. The summed E-state index contributed by atoms with van der Waals surface area (Å²) in [6, 6.07) is 6.36. The van der Waals surface area contributed by atoms with Crippen molar-refractivity contribution in [2.45, 2.75) is 11.8 Å². The highest BCUT2D eigenvalue weighted by Crippen LogP contribution is 2.19. The maximum Gasteiger partial charge on any atom is 0.261 e. The first-order chi connectivity index (χ1) is 8.88. The third-order valence-corrected chi connectivity index (χ3v) is 3.81. The molecule has 0 amide bonds. The van der Waals surface area contributed by atoms with Crippen LogP contribution in [0.3, 0.4) is 0 Å². The van der Waals surface area contributed by atoms with Gasteiger partial charge >= 0.3 is 0 Å². The molecule has 0 saturated carbocycles. The zero-order chi connectivity index (χ0) is 14.0. The van der Waals surface area contributed by atoms with E-state index in [0.29, 0.717) is 11.4 Å². The zero-order valence-electron chi connectivity index (χ0n) is 10.1. The molecule has 7 heteroatoms. The lowest BCUT2D eigenvalue weighted by Crippen LogP contribution is -2.13. The SMILES string of the molecule is Cc1cc(NS(=O)(=O)c2ccc(F)c(N)c2)ccn1. The van der Waals surface area contributed by atoms with Crippen molar-refractivity contribution in [1.29, 1.82) is 0 Å². The van der Waals surface area contributed by atoms with Crippen LogP contribution in [0.1, 0.15) is 5.69 Å². The molecule has 2 aromatic rings. The first-order valence-corrected chi connectivity index (χ1v) is 6.87. The van der Waals surface area contributed by atoms with Crippen LogP contribution in [-0.4, -0.2) is 13.4 Å². The summed E-state index contributed by atoms with van der Waals surface area (Å²) in [5, 5.41) is 0. The van der Waals surface area contributed by atoms with E-state index in [1.54, 1.807) is 13.0 Å². The number of rotatable bonds is 3. The van der Waals surface area contributed by atoms with E-state index in [-0.39, 0.29) is 10.6 Å². The molecule has 0 saturated heterocycles. The minimum absolute atomic E-state index is 0.0964. The predicted molar refractivity (Wildman–Crippen MR) is 70.6 cm³/mol. The zero-order valence-corrected chi connectivity index (χ0v) is 10.9. The molecule has 0 aliphatic rings. The third kappa shape index (κ3) is 3.00. The summed E-state index contributed by atoms with van der Waals surface area (Å²) in [4.78, 5) is 3.87. The highest BCUT2D eigenvalue weighted by Gasteiger charge is 2.15. The van der Waals surface area contributed by atoms with Crippen molar-refractivity contribution in [3.05, 3.63) is 48.0 Å². The molecule has 19 heavy (non-hydrogen) atoms. The summed E-state index contributed by atoms with van der Waals surface area (Å²) in [7, 11) is -3.79. The molecule has 0 spiro atoms. The summed E-state index contributed by atoms with van der Waals surface area (Å²) in [5.74, 6) is -0.654. The van der Waals surface area contributed by atoms with Crippen LogP contribution >= 0.6 is 0 Å². The minimum atomic E-state index is -3.79. The molecule has 0 bridgehead atoms. The maximum atomic E-state index is 13.0. The number of hydrogen-bond acceptors (Lipinski definition) is 4. The summed E-state index contributed by atoms with van der Waals surface area (Å²) in [5.41, 5.74) is 6.21. The van der Waals surface area contributed by atoms with E-state index in [2.05, 4.69) is 9.71 Å². The number of halogens is 1. The second kappa shape index (κ2) is 4.85. The Morgan fingerprint density at radius 3 is 2.63 bits per heavy atom.